The molecule has 1 aromatic carbocycles. The predicted molar refractivity (Wildman–Crippen MR) is 46.6 cm³/mol. The summed E-state index contributed by atoms with van der Waals surface area (Å²) >= 11 is 0. The molecule has 3 nitrogen and oxygen atoms in total. The van der Waals surface area contributed by atoms with Crippen LogP contribution in [0.1, 0.15) is 5.56 Å². The van der Waals surface area contributed by atoms with Crippen molar-refractivity contribution < 1.29 is 9.47 Å². The number of nitrogens with two attached hydrogens (primary N) is 1. The van der Waals surface area contributed by atoms with Crippen molar-refractivity contribution in [1.82, 2.24) is 0 Å². The van der Waals surface area contributed by atoms with E-state index >= 15 is 0 Å². The minimum absolute atomic E-state index is 0.637. The lowest BCUT2D eigenvalue weighted by molar-refractivity contribution is 0.356. The van der Waals surface area contributed by atoms with Gasteiger partial charge in [0.05, 0.1) is 19.4 Å². The molecule has 0 aliphatic carbocycles. The van der Waals surface area contributed by atoms with Gasteiger partial charge in [0, 0.05) is 18.1 Å². The molecule has 1 aliphatic heterocycles. The molecule has 0 atom stereocenters. The molecule has 0 fully saturated rings. The van der Waals surface area contributed by atoms with Gasteiger partial charge in [0.15, 0.2) is 0 Å². The Kier molecular flexibility index (Phi) is 1.57. The van der Waals surface area contributed by atoms with Crippen molar-refractivity contribution in [2.45, 2.75) is 6.42 Å². The van der Waals surface area contributed by atoms with Crippen molar-refractivity contribution in [2.75, 3.05) is 19.5 Å². The Morgan fingerprint density at radius 1 is 1.50 bits per heavy atom. The maximum Gasteiger partial charge on any atom is 0.142 e. The first-order chi connectivity index (χ1) is 5.81. The lowest BCUT2D eigenvalue weighted by Gasteiger charge is -2.06. The summed E-state index contributed by atoms with van der Waals surface area (Å²) in [4.78, 5) is 0. The Hall–Kier alpha value is -1.38. The highest BCUT2D eigenvalue weighted by molar-refractivity contribution is 5.60. The minimum atomic E-state index is 0.637. The molecule has 1 aromatic rings. The van der Waals surface area contributed by atoms with Gasteiger partial charge >= 0.3 is 0 Å². The van der Waals surface area contributed by atoms with Gasteiger partial charge in [0.1, 0.15) is 11.5 Å². The zero-order chi connectivity index (χ0) is 8.55. The van der Waals surface area contributed by atoms with Crippen molar-refractivity contribution >= 4 is 5.69 Å². The van der Waals surface area contributed by atoms with Crippen LogP contribution in [-0.2, 0) is 6.42 Å². The number of ether oxygens (including phenoxy) is 2. The molecule has 1 heterocycles. The van der Waals surface area contributed by atoms with Crippen molar-refractivity contribution in [3.63, 3.8) is 0 Å². The quantitative estimate of drug-likeness (QED) is 0.636. The van der Waals surface area contributed by atoms with Crippen LogP contribution in [-0.4, -0.2) is 13.7 Å². The molecule has 64 valence electrons. The number of methoxy groups -OCH3 is 1. The van der Waals surface area contributed by atoms with Crippen molar-refractivity contribution in [3.05, 3.63) is 17.7 Å². The second-order valence-electron chi connectivity index (χ2n) is 2.80. The number of hydrogen-bond donors (Lipinski definition) is 1. The first-order valence-corrected chi connectivity index (χ1v) is 3.90. The van der Waals surface area contributed by atoms with Crippen LogP contribution < -0.4 is 15.2 Å². The molecule has 0 bridgehead atoms. The van der Waals surface area contributed by atoms with Crippen LogP contribution in [0.25, 0.3) is 0 Å². The number of benzene rings is 1. The highest BCUT2D eigenvalue weighted by Crippen LogP contribution is 2.33. The largest absolute Gasteiger partial charge is 0.495 e. The van der Waals surface area contributed by atoms with Crippen LogP contribution in [0.3, 0.4) is 0 Å². The maximum atomic E-state index is 5.70. The van der Waals surface area contributed by atoms with Crippen LogP contribution in [0.2, 0.25) is 0 Å². The third-order valence-electron chi connectivity index (χ3n) is 2.04. The van der Waals surface area contributed by atoms with E-state index in [4.69, 9.17) is 15.2 Å². The molecule has 2 rings (SSSR count). The summed E-state index contributed by atoms with van der Waals surface area (Å²) in [5.41, 5.74) is 7.52. The van der Waals surface area contributed by atoms with E-state index in [9.17, 15) is 0 Å². The van der Waals surface area contributed by atoms with E-state index in [1.807, 2.05) is 12.1 Å². The lowest BCUT2D eigenvalue weighted by Crippen LogP contribution is -1.93. The lowest BCUT2D eigenvalue weighted by atomic mass is 10.1. The fraction of sp³-hybridized carbons (Fsp3) is 0.333. The van der Waals surface area contributed by atoms with E-state index in [1.165, 1.54) is 5.56 Å². The second kappa shape index (κ2) is 2.59. The molecular formula is C9H11NO2. The molecule has 1 aliphatic rings. The smallest absolute Gasteiger partial charge is 0.142 e. The summed E-state index contributed by atoms with van der Waals surface area (Å²) in [6, 6.07) is 3.76. The van der Waals surface area contributed by atoms with Gasteiger partial charge in [-0.2, -0.15) is 0 Å². The van der Waals surface area contributed by atoms with Crippen LogP contribution in [0.15, 0.2) is 12.1 Å². The van der Waals surface area contributed by atoms with Crippen LogP contribution in [0.4, 0.5) is 5.69 Å². The Balaban J connectivity index is 2.49. The number of nitrogen functional groups attached to an aromatic ring is 1. The van der Waals surface area contributed by atoms with Crippen molar-refractivity contribution in [2.24, 2.45) is 0 Å². The summed E-state index contributed by atoms with van der Waals surface area (Å²) in [6.07, 6.45) is 0.950. The standard InChI is InChI=1S/C9H11NO2/c1-11-9-4-6-2-3-12-8(6)5-7(9)10/h4-5H,2-3,10H2,1H3. The second-order valence-corrected chi connectivity index (χ2v) is 2.80. The molecule has 0 saturated carbocycles. The third-order valence-corrected chi connectivity index (χ3v) is 2.04. The zero-order valence-electron chi connectivity index (χ0n) is 6.96. The van der Waals surface area contributed by atoms with Gasteiger partial charge in [-0.15, -0.1) is 0 Å². The summed E-state index contributed by atoms with van der Waals surface area (Å²) in [5, 5.41) is 0. The highest BCUT2D eigenvalue weighted by Gasteiger charge is 2.14. The minimum Gasteiger partial charge on any atom is -0.495 e. The Bertz CT molecular complexity index is 309. The topological polar surface area (TPSA) is 44.5 Å². The van der Waals surface area contributed by atoms with Crippen molar-refractivity contribution in [3.8, 4) is 11.5 Å². The Morgan fingerprint density at radius 2 is 2.33 bits per heavy atom. The predicted octanol–water partition coefficient (Wildman–Crippen LogP) is 1.21. The van der Waals surface area contributed by atoms with Crippen molar-refractivity contribution in [1.29, 1.82) is 0 Å². The van der Waals surface area contributed by atoms with Gasteiger partial charge in [0.2, 0.25) is 0 Å². The maximum absolute atomic E-state index is 5.70. The molecule has 0 spiro atoms. The Morgan fingerprint density at radius 3 is 3.08 bits per heavy atom. The van der Waals surface area contributed by atoms with Gasteiger partial charge in [-0.25, -0.2) is 0 Å². The average molecular weight is 165 g/mol. The first-order valence-electron chi connectivity index (χ1n) is 3.90. The molecular weight excluding hydrogens is 154 g/mol. The SMILES string of the molecule is COc1cc2c(cc1N)OCC2. The summed E-state index contributed by atoms with van der Waals surface area (Å²) in [5.74, 6) is 1.63. The molecule has 0 unspecified atom stereocenters. The number of rotatable bonds is 1. The van der Waals surface area contributed by atoms with Gasteiger partial charge in [-0.05, 0) is 6.07 Å². The van der Waals surface area contributed by atoms with Crippen LogP contribution >= 0.6 is 0 Å². The van der Waals surface area contributed by atoms with Crippen LogP contribution in [0, 0.1) is 0 Å². The highest BCUT2D eigenvalue weighted by atomic mass is 16.5. The van der Waals surface area contributed by atoms with Gasteiger partial charge in [-0.1, -0.05) is 0 Å². The van der Waals surface area contributed by atoms with Gasteiger partial charge < -0.3 is 15.2 Å². The van der Waals surface area contributed by atoms with E-state index in [1.54, 1.807) is 7.11 Å². The van der Waals surface area contributed by atoms with E-state index in [0.29, 0.717) is 5.69 Å². The first kappa shape index (κ1) is 7.28. The fourth-order valence-electron chi connectivity index (χ4n) is 1.40. The number of anilines is 1. The molecule has 0 amide bonds. The van der Waals surface area contributed by atoms with E-state index < -0.39 is 0 Å². The van der Waals surface area contributed by atoms with Crippen LogP contribution in [0.5, 0.6) is 11.5 Å². The monoisotopic (exact) mass is 165 g/mol. The zero-order valence-corrected chi connectivity index (χ0v) is 6.96. The molecule has 0 radical (unpaired) electrons. The molecule has 12 heavy (non-hydrogen) atoms. The number of fused-ring (bicyclic) bond motifs is 1. The molecule has 0 aromatic heterocycles. The normalized spacial score (nSPS) is 13.8. The van der Waals surface area contributed by atoms with E-state index in [2.05, 4.69) is 0 Å². The third kappa shape index (κ3) is 0.978. The molecule has 0 saturated heterocycles. The summed E-state index contributed by atoms with van der Waals surface area (Å²) < 4.78 is 10.4. The number of hydrogen-bond acceptors (Lipinski definition) is 3. The van der Waals surface area contributed by atoms with E-state index in [0.717, 1.165) is 24.5 Å². The summed E-state index contributed by atoms with van der Waals surface area (Å²) in [6.45, 7) is 0.752. The fourth-order valence-corrected chi connectivity index (χ4v) is 1.40. The van der Waals surface area contributed by atoms with Gasteiger partial charge in [0.25, 0.3) is 0 Å². The van der Waals surface area contributed by atoms with E-state index in [-0.39, 0.29) is 0 Å². The summed E-state index contributed by atoms with van der Waals surface area (Å²) in [7, 11) is 1.62. The van der Waals surface area contributed by atoms with Gasteiger partial charge in [-0.3, -0.25) is 0 Å². The average Bonchev–Trinajstić information content (AvgIpc) is 2.49. The molecule has 2 N–H and O–H groups in total. The molecule has 3 heteroatoms. The Labute approximate surface area is 71.1 Å².